The Bertz CT molecular complexity index is 566. The van der Waals surface area contributed by atoms with Crippen molar-refractivity contribution in [1.29, 1.82) is 0 Å². The Morgan fingerprint density at radius 3 is 2.72 bits per heavy atom. The molecule has 1 amide bonds. The van der Waals surface area contributed by atoms with Gasteiger partial charge in [-0.3, -0.25) is 4.79 Å². The van der Waals surface area contributed by atoms with Crippen molar-refractivity contribution in [2.24, 2.45) is 5.92 Å². The van der Waals surface area contributed by atoms with E-state index >= 15 is 0 Å². The number of halogens is 1. The van der Waals surface area contributed by atoms with E-state index in [1.807, 2.05) is 32.0 Å². The number of aldehydes is 1. The van der Waals surface area contributed by atoms with Crippen LogP contribution in [0.1, 0.15) is 32.8 Å². The first-order valence-electron chi connectivity index (χ1n) is 8.77. The van der Waals surface area contributed by atoms with Gasteiger partial charge in [-0.25, -0.2) is 0 Å². The highest BCUT2D eigenvalue weighted by molar-refractivity contribution is 6.30. The number of ether oxygens (including phenoxy) is 1. The van der Waals surface area contributed by atoms with Crippen LogP contribution >= 0.6 is 11.6 Å². The fourth-order valence-electron chi connectivity index (χ4n) is 2.54. The SMILES string of the molecule is CCc1ccc(Cl)cc1OCCNC(C(=O)N(C)CC=O)C(C)CC. The minimum atomic E-state index is -0.330. The number of likely N-dealkylation sites (N-methyl/N-ethyl adjacent to an activating group) is 1. The largest absolute Gasteiger partial charge is 0.492 e. The molecule has 0 aromatic heterocycles. The van der Waals surface area contributed by atoms with E-state index in [1.54, 1.807) is 7.05 Å². The van der Waals surface area contributed by atoms with Crippen LogP contribution in [-0.4, -0.2) is 49.9 Å². The molecule has 140 valence electrons. The van der Waals surface area contributed by atoms with Crippen LogP contribution in [0.25, 0.3) is 0 Å². The van der Waals surface area contributed by atoms with Crippen LogP contribution < -0.4 is 10.1 Å². The van der Waals surface area contributed by atoms with Crippen molar-refractivity contribution in [3.05, 3.63) is 28.8 Å². The number of rotatable bonds is 11. The Balaban J connectivity index is 2.61. The zero-order valence-electron chi connectivity index (χ0n) is 15.5. The maximum Gasteiger partial charge on any atom is 0.240 e. The van der Waals surface area contributed by atoms with Crippen molar-refractivity contribution < 1.29 is 14.3 Å². The number of hydrogen-bond acceptors (Lipinski definition) is 4. The van der Waals surface area contributed by atoms with Gasteiger partial charge in [0.2, 0.25) is 5.91 Å². The molecule has 25 heavy (non-hydrogen) atoms. The predicted molar refractivity (Wildman–Crippen MR) is 101 cm³/mol. The fraction of sp³-hybridized carbons (Fsp3) is 0.579. The Morgan fingerprint density at radius 2 is 2.12 bits per heavy atom. The summed E-state index contributed by atoms with van der Waals surface area (Å²) in [6.07, 6.45) is 2.47. The number of aryl methyl sites for hydroxylation is 1. The van der Waals surface area contributed by atoms with Crippen LogP contribution in [0, 0.1) is 5.92 Å². The van der Waals surface area contributed by atoms with Crippen LogP contribution in [0.3, 0.4) is 0 Å². The van der Waals surface area contributed by atoms with E-state index in [2.05, 4.69) is 12.2 Å². The smallest absolute Gasteiger partial charge is 0.240 e. The number of nitrogens with zero attached hydrogens (tertiary/aromatic N) is 1. The van der Waals surface area contributed by atoms with Gasteiger partial charge in [0, 0.05) is 18.6 Å². The summed E-state index contributed by atoms with van der Waals surface area (Å²) in [4.78, 5) is 24.6. The van der Waals surface area contributed by atoms with Gasteiger partial charge >= 0.3 is 0 Å². The van der Waals surface area contributed by atoms with E-state index in [-0.39, 0.29) is 24.4 Å². The quantitative estimate of drug-likeness (QED) is 0.482. The van der Waals surface area contributed by atoms with Crippen molar-refractivity contribution in [3.8, 4) is 5.75 Å². The minimum Gasteiger partial charge on any atom is -0.492 e. The summed E-state index contributed by atoms with van der Waals surface area (Å²) in [5, 5.41) is 3.91. The second-order valence-corrected chi connectivity index (χ2v) is 6.59. The molecule has 0 aliphatic carbocycles. The van der Waals surface area contributed by atoms with Crippen LogP contribution in [0.5, 0.6) is 5.75 Å². The van der Waals surface area contributed by atoms with E-state index in [4.69, 9.17) is 16.3 Å². The van der Waals surface area contributed by atoms with Crippen molar-refractivity contribution in [3.63, 3.8) is 0 Å². The molecule has 0 saturated carbocycles. The maximum absolute atomic E-state index is 12.5. The molecule has 0 saturated heterocycles. The maximum atomic E-state index is 12.5. The van der Waals surface area contributed by atoms with E-state index in [9.17, 15) is 9.59 Å². The highest BCUT2D eigenvalue weighted by Crippen LogP contribution is 2.23. The number of amides is 1. The minimum absolute atomic E-state index is 0.0709. The molecule has 0 spiro atoms. The van der Waals surface area contributed by atoms with Crippen LogP contribution in [0.15, 0.2) is 18.2 Å². The molecule has 1 aromatic rings. The third-order valence-electron chi connectivity index (χ3n) is 4.34. The molecule has 0 radical (unpaired) electrons. The van der Waals surface area contributed by atoms with Gasteiger partial charge in [0.25, 0.3) is 0 Å². The normalized spacial score (nSPS) is 13.2. The molecule has 5 nitrogen and oxygen atoms in total. The molecule has 0 bridgehead atoms. The lowest BCUT2D eigenvalue weighted by Crippen LogP contribution is -2.50. The van der Waals surface area contributed by atoms with Crippen molar-refractivity contribution in [2.45, 2.75) is 39.7 Å². The van der Waals surface area contributed by atoms with Gasteiger partial charge in [-0.2, -0.15) is 0 Å². The first kappa shape index (κ1) is 21.5. The van der Waals surface area contributed by atoms with Crippen molar-refractivity contribution >= 4 is 23.8 Å². The molecule has 2 unspecified atom stereocenters. The summed E-state index contributed by atoms with van der Waals surface area (Å²) in [6.45, 7) is 7.21. The topological polar surface area (TPSA) is 58.6 Å². The molecular formula is C19H29ClN2O3. The number of carbonyl (C=O) groups is 2. The van der Waals surface area contributed by atoms with Gasteiger partial charge in [0.15, 0.2) is 0 Å². The van der Waals surface area contributed by atoms with Gasteiger partial charge in [-0.05, 0) is 30.0 Å². The van der Waals surface area contributed by atoms with Gasteiger partial charge < -0.3 is 19.7 Å². The average Bonchev–Trinajstić information content (AvgIpc) is 2.61. The summed E-state index contributed by atoms with van der Waals surface area (Å²) in [5.74, 6) is 0.874. The zero-order valence-corrected chi connectivity index (χ0v) is 16.3. The Labute approximate surface area is 155 Å². The molecule has 0 aliphatic heterocycles. The van der Waals surface area contributed by atoms with Gasteiger partial charge in [0.05, 0.1) is 12.6 Å². The van der Waals surface area contributed by atoms with Crippen molar-refractivity contribution in [1.82, 2.24) is 10.2 Å². The first-order chi connectivity index (χ1) is 11.9. The molecule has 2 atom stereocenters. The second kappa shape index (κ2) is 11.1. The predicted octanol–water partition coefficient (Wildman–Crippen LogP) is 2.94. The Kier molecular flexibility index (Phi) is 9.53. The molecule has 1 aromatic carbocycles. The van der Waals surface area contributed by atoms with E-state index in [1.165, 1.54) is 4.90 Å². The number of benzene rings is 1. The average molecular weight is 369 g/mol. The Hall–Kier alpha value is -1.59. The molecule has 0 aliphatic rings. The fourth-order valence-corrected chi connectivity index (χ4v) is 2.70. The van der Waals surface area contributed by atoms with Crippen LogP contribution in [0.2, 0.25) is 5.02 Å². The van der Waals surface area contributed by atoms with Crippen molar-refractivity contribution in [2.75, 3.05) is 26.7 Å². The lowest BCUT2D eigenvalue weighted by molar-refractivity contribution is -0.135. The third-order valence-corrected chi connectivity index (χ3v) is 4.57. The lowest BCUT2D eigenvalue weighted by atomic mass is 9.98. The second-order valence-electron chi connectivity index (χ2n) is 6.16. The highest BCUT2D eigenvalue weighted by Gasteiger charge is 2.26. The van der Waals surface area contributed by atoms with E-state index in [0.717, 1.165) is 30.4 Å². The highest BCUT2D eigenvalue weighted by atomic mass is 35.5. The summed E-state index contributed by atoms with van der Waals surface area (Å²) in [5.41, 5.74) is 1.10. The van der Waals surface area contributed by atoms with Crippen LogP contribution in [0.4, 0.5) is 0 Å². The molecule has 1 rings (SSSR count). The third kappa shape index (κ3) is 6.67. The van der Waals surface area contributed by atoms with E-state index in [0.29, 0.717) is 18.2 Å². The number of nitrogens with one attached hydrogen (secondary N) is 1. The summed E-state index contributed by atoms with van der Waals surface area (Å²) < 4.78 is 5.83. The summed E-state index contributed by atoms with van der Waals surface area (Å²) in [7, 11) is 1.64. The first-order valence-corrected chi connectivity index (χ1v) is 9.15. The number of carbonyl (C=O) groups excluding carboxylic acids is 2. The molecule has 1 N–H and O–H groups in total. The molecule has 0 heterocycles. The standard InChI is InChI=1S/C19H29ClN2O3/c1-5-14(3)18(19(24)22(4)10-11-23)21-9-12-25-17-13-16(20)8-7-15(17)6-2/h7-8,11,13-14,18,21H,5-6,9-10,12H2,1-4H3. The lowest BCUT2D eigenvalue weighted by Gasteiger charge is -2.27. The summed E-state index contributed by atoms with van der Waals surface area (Å²) in [6, 6.07) is 5.30. The molecular weight excluding hydrogens is 340 g/mol. The van der Waals surface area contributed by atoms with E-state index < -0.39 is 0 Å². The Morgan fingerprint density at radius 1 is 1.40 bits per heavy atom. The summed E-state index contributed by atoms with van der Waals surface area (Å²) >= 11 is 6.03. The van der Waals surface area contributed by atoms with Gasteiger partial charge in [-0.15, -0.1) is 0 Å². The van der Waals surface area contributed by atoms with Gasteiger partial charge in [0.1, 0.15) is 18.6 Å². The molecule has 6 heteroatoms. The van der Waals surface area contributed by atoms with Gasteiger partial charge in [-0.1, -0.05) is 44.9 Å². The zero-order chi connectivity index (χ0) is 18.8. The molecule has 0 fully saturated rings. The van der Waals surface area contributed by atoms with Crippen LogP contribution in [-0.2, 0) is 16.0 Å². The monoisotopic (exact) mass is 368 g/mol. The number of hydrogen-bond donors (Lipinski definition) is 1.